The third kappa shape index (κ3) is 3.52. The van der Waals surface area contributed by atoms with E-state index in [0.717, 1.165) is 0 Å². The molecule has 1 amide bonds. The monoisotopic (exact) mass is 257 g/mol. The van der Waals surface area contributed by atoms with Crippen LogP contribution < -0.4 is 15.8 Å². The highest BCUT2D eigenvalue weighted by Gasteiger charge is 2.13. The van der Waals surface area contributed by atoms with Crippen LogP contribution in [0.2, 0.25) is 0 Å². The van der Waals surface area contributed by atoms with Crippen LogP contribution in [0.1, 0.15) is 6.92 Å². The van der Waals surface area contributed by atoms with E-state index in [1.54, 1.807) is 19.1 Å². The molecule has 0 aromatic heterocycles. The molecule has 0 radical (unpaired) electrons. The van der Waals surface area contributed by atoms with E-state index in [-0.39, 0.29) is 10.8 Å². The molecule has 0 fully saturated rings. The van der Waals surface area contributed by atoms with Crippen LogP contribution in [0.3, 0.4) is 0 Å². The zero-order valence-corrected chi connectivity index (χ0v) is 10.4. The average Bonchev–Trinajstić information content (AvgIpc) is 2.29. The van der Waals surface area contributed by atoms with Crippen molar-refractivity contribution in [1.29, 1.82) is 0 Å². The molecule has 1 aromatic rings. The van der Waals surface area contributed by atoms with E-state index in [1.807, 2.05) is 0 Å². The summed E-state index contributed by atoms with van der Waals surface area (Å²) in [7, 11) is -2.19. The molecule has 7 heteroatoms. The van der Waals surface area contributed by atoms with Gasteiger partial charge in [-0.05, 0) is 32.2 Å². The number of sulfonamides is 1. The molecule has 0 aliphatic rings. The summed E-state index contributed by atoms with van der Waals surface area (Å²) < 4.78 is 25.2. The number of hydrogen-bond acceptors (Lipinski definition) is 4. The van der Waals surface area contributed by atoms with E-state index in [2.05, 4.69) is 10.0 Å². The van der Waals surface area contributed by atoms with Gasteiger partial charge in [0.1, 0.15) is 0 Å². The summed E-state index contributed by atoms with van der Waals surface area (Å²) in [5, 5.41) is 2.52. The van der Waals surface area contributed by atoms with E-state index in [4.69, 9.17) is 5.73 Å². The lowest BCUT2D eigenvalue weighted by atomic mass is 10.3. The molecular formula is C10H15N3O3S. The number of anilines is 1. The third-order valence-corrected chi connectivity index (χ3v) is 3.51. The number of rotatable bonds is 4. The lowest BCUT2D eigenvalue weighted by Gasteiger charge is -2.09. The Morgan fingerprint density at radius 1 is 1.41 bits per heavy atom. The van der Waals surface area contributed by atoms with Gasteiger partial charge in [0, 0.05) is 5.69 Å². The molecule has 0 aliphatic heterocycles. The second-order valence-electron chi connectivity index (χ2n) is 3.51. The second-order valence-corrected chi connectivity index (χ2v) is 5.40. The summed E-state index contributed by atoms with van der Waals surface area (Å²) in [5.41, 5.74) is 5.78. The molecule has 0 spiro atoms. The van der Waals surface area contributed by atoms with E-state index in [9.17, 15) is 13.2 Å². The Morgan fingerprint density at radius 2 is 2.06 bits per heavy atom. The van der Waals surface area contributed by atoms with Crippen molar-refractivity contribution < 1.29 is 13.2 Å². The standard InChI is InChI=1S/C10H15N3O3S/c1-7(11)10(14)13-8-4-3-5-9(6-8)17(15,16)12-2/h3-7,12H,11H2,1-2H3,(H,13,14)/t7-/m0/s1. The summed E-state index contributed by atoms with van der Waals surface area (Å²) in [5.74, 6) is -0.371. The summed E-state index contributed by atoms with van der Waals surface area (Å²) in [4.78, 5) is 11.4. The minimum atomic E-state index is -3.51. The maximum atomic E-state index is 11.5. The molecule has 0 saturated carbocycles. The van der Waals surface area contributed by atoms with Crippen molar-refractivity contribution in [1.82, 2.24) is 4.72 Å². The zero-order valence-electron chi connectivity index (χ0n) is 9.60. The molecule has 1 rings (SSSR count). The average molecular weight is 257 g/mol. The van der Waals surface area contributed by atoms with E-state index in [0.29, 0.717) is 5.69 Å². The lowest BCUT2D eigenvalue weighted by molar-refractivity contribution is -0.117. The Morgan fingerprint density at radius 3 is 2.59 bits per heavy atom. The zero-order chi connectivity index (χ0) is 13.1. The summed E-state index contributed by atoms with van der Waals surface area (Å²) in [6, 6.07) is 5.29. The topological polar surface area (TPSA) is 101 Å². The van der Waals surface area contributed by atoms with Gasteiger partial charge in [0.05, 0.1) is 10.9 Å². The van der Waals surface area contributed by atoms with E-state index >= 15 is 0 Å². The number of nitrogens with one attached hydrogen (secondary N) is 2. The van der Waals surface area contributed by atoms with Crippen molar-refractivity contribution in [3.63, 3.8) is 0 Å². The smallest absolute Gasteiger partial charge is 0.240 e. The van der Waals surface area contributed by atoms with Gasteiger partial charge >= 0.3 is 0 Å². The molecule has 0 heterocycles. The van der Waals surface area contributed by atoms with E-state index in [1.165, 1.54) is 19.2 Å². The first-order chi connectivity index (χ1) is 7.86. The van der Waals surface area contributed by atoms with Crippen LogP contribution in [0.15, 0.2) is 29.2 Å². The minimum absolute atomic E-state index is 0.0856. The lowest BCUT2D eigenvalue weighted by Crippen LogP contribution is -2.32. The molecule has 4 N–H and O–H groups in total. The van der Waals surface area contributed by atoms with Crippen molar-refractivity contribution in [3.05, 3.63) is 24.3 Å². The first kappa shape index (κ1) is 13.6. The van der Waals surface area contributed by atoms with Crippen LogP contribution in [-0.4, -0.2) is 27.4 Å². The molecule has 1 atom stereocenters. The molecular weight excluding hydrogens is 242 g/mol. The van der Waals surface area contributed by atoms with Gasteiger partial charge in [-0.3, -0.25) is 4.79 Å². The van der Waals surface area contributed by atoms with Crippen LogP contribution in [0.25, 0.3) is 0 Å². The number of amides is 1. The van der Waals surface area contributed by atoms with Crippen LogP contribution in [0.5, 0.6) is 0 Å². The summed E-state index contributed by atoms with van der Waals surface area (Å²) >= 11 is 0. The first-order valence-electron chi connectivity index (χ1n) is 4.97. The Bertz CT molecular complexity index is 511. The van der Waals surface area contributed by atoms with Gasteiger partial charge in [-0.25, -0.2) is 13.1 Å². The quantitative estimate of drug-likeness (QED) is 0.700. The van der Waals surface area contributed by atoms with Crippen LogP contribution in [0.4, 0.5) is 5.69 Å². The molecule has 0 unspecified atom stereocenters. The fourth-order valence-corrected chi connectivity index (χ4v) is 1.89. The number of nitrogens with two attached hydrogens (primary N) is 1. The van der Waals surface area contributed by atoms with Gasteiger partial charge < -0.3 is 11.1 Å². The number of carbonyl (C=O) groups is 1. The highest BCUT2D eigenvalue weighted by molar-refractivity contribution is 7.89. The Balaban J connectivity index is 2.99. The van der Waals surface area contributed by atoms with Crippen LogP contribution in [-0.2, 0) is 14.8 Å². The number of carbonyl (C=O) groups excluding carboxylic acids is 1. The van der Waals surface area contributed by atoms with Gasteiger partial charge in [0.2, 0.25) is 15.9 Å². The molecule has 0 saturated heterocycles. The molecule has 0 bridgehead atoms. The third-order valence-electron chi connectivity index (χ3n) is 2.09. The highest BCUT2D eigenvalue weighted by Crippen LogP contribution is 2.15. The van der Waals surface area contributed by atoms with Gasteiger partial charge in [-0.2, -0.15) is 0 Å². The number of benzene rings is 1. The second kappa shape index (κ2) is 5.26. The fourth-order valence-electron chi connectivity index (χ4n) is 1.11. The summed E-state index contributed by atoms with van der Waals surface area (Å²) in [6.07, 6.45) is 0. The van der Waals surface area contributed by atoms with Crippen molar-refractivity contribution >= 4 is 21.6 Å². The molecule has 17 heavy (non-hydrogen) atoms. The Labute approximate surface area is 100 Å². The predicted octanol–water partition coefficient (Wildman–Crippen LogP) is -0.120. The first-order valence-corrected chi connectivity index (χ1v) is 6.45. The van der Waals surface area contributed by atoms with Gasteiger partial charge in [0.25, 0.3) is 0 Å². The normalized spacial score (nSPS) is 13.1. The Kier molecular flexibility index (Phi) is 4.22. The minimum Gasteiger partial charge on any atom is -0.325 e. The van der Waals surface area contributed by atoms with Gasteiger partial charge in [-0.1, -0.05) is 6.07 Å². The number of hydrogen-bond donors (Lipinski definition) is 3. The SMILES string of the molecule is CNS(=O)(=O)c1cccc(NC(=O)[C@H](C)N)c1. The summed E-state index contributed by atoms with van der Waals surface area (Å²) in [6.45, 7) is 1.55. The van der Waals surface area contributed by atoms with Crippen LogP contribution >= 0.6 is 0 Å². The van der Waals surface area contributed by atoms with Crippen molar-refractivity contribution in [2.75, 3.05) is 12.4 Å². The molecule has 0 aliphatic carbocycles. The highest BCUT2D eigenvalue weighted by atomic mass is 32.2. The molecule has 94 valence electrons. The largest absolute Gasteiger partial charge is 0.325 e. The van der Waals surface area contributed by atoms with E-state index < -0.39 is 16.1 Å². The van der Waals surface area contributed by atoms with Crippen molar-refractivity contribution in [2.45, 2.75) is 17.9 Å². The molecule has 6 nitrogen and oxygen atoms in total. The van der Waals surface area contributed by atoms with Gasteiger partial charge in [0.15, 0.2) is 0 Å². The predicted molar refractivity (Wildman–Crippen MR) is 65.0 cm³/mol. The van der Waals surface area contributed by atoms with Crippen molar-refractivity contribution in [2.24, 2.45) is 5.73 Å². The maximum absolute atomic E-state index is 11.5. The fraction of sp³-hybridized carbons (Fsp3) is 0.300. The maximum Gasteiger partial charge on any atom is 0.240 e. The van der Waals surface area contributed by atoms with Gasteiger partial charge in [-0.15, -0.1) is 0 Å². The van der Waals surface area contributed by atoms with Crippen LogP contribution in [0, 0.1) is 0 Å². The Hall–Kier alpha value is -1.44. The molecule has 1 aromatic carbocycles. The van der Waals surface area contributed by atoms with Crippen molar-refractivity contribution in [3.8, 4) is 0 Å².